The summed E-state index contributed by atoms with van der Waals surface area (Å²) in [6.45, 7) is 3.88. The highest BCUT2D eigenvalue weighted by Crippen LogP contribution is 2.32. The van der Waals surface area contributed by atoms with Crippen molar-refractivity contribution in [1.82, 2.24) is 24.3 Å². The Bertz CT molecular complexity index is 1250. The molecule has 0 fully saturated rings. The van der Waals surface area contributed by atoms with E-state index in [2.05, 4.69) is 10.2 Å². The van der Waals surface area contributed by atoms with Crippen molar-refractivity contribution in [2.75, 3.05) is 20.7 Å². The van der Waals surface area contributed by atoms with Crippen LogP contribution in [0.2, 0.25) is 0 Å². The Hall–Kier alpha value is -3.43. The van der Waals surface area contributed by atoms with Crippen LogP contribution in [0.3, 0.4) is 0 Å². The predicted octanol–water partition coefficient (Wildman–Crippen LogP) is 2.65. The second kappa shape index (κ2) is 8.01. The van der Waals surface area contributed by atoms with E-state index in [0.29, 0.717) is 5.76 Å². The number of hydrogen-bond acceptors (Lipinski definition) is 7. The van der Waals surface area contributed by atoms with Crippen molar-refractivity contribution in [3.05, 3.63) is 53.8 Å². The molecular formula is C22H25N5O4. The third-order valence-electron chi connectivity index (χ3n) is 5.38. The van der Waals surface area contributed by atoms with Gasteiger partial charge in [-0.15, -0.1) is 0 Å². The third-order valence-corrected chi connectivity index (χ3v) is 5.38. The average Bonchev–Trinajstić information content (AvgIpc) is 3.44. The van der Waals surface area contributed by atoms with Crippen LogP contribution in [0, 0.1) is 13.8 Å². The molecule has 4 heterocycles. The van der Waals surface area contributed by atoms with Gasteiger partial charge in [0.25, 0.3) is 0 Å². The summed E-state index contributed by atoms with van der Waals surface area (Å²) in [5.74, 6) is -0.0157. The SMILES string of the molecule is Cc1nn(C)c(C)c1-c1cnn2ccc(-c3cc(C(=O)OCC(O)N(C)C)co3)cc12. The van der Waals surface area contributed by atoms with Gasteiger partial charge in [0.1, 0.15) is 24.9 Å². The molecule has 162 valence electrons. The Balaban J connectivity index is 1.63. The molecular weight excluding hydrogens is 398 g/mol. The Morgan fingerprint density at radius 2 is 2.10 bits per heavy atom. The number of aromatic nitrogens is 4. The van der Waals surface area contributed by atoms with Crippen LogP contribution in [0.25, 0.3) is 28.0 Å². The number of aliphatic hydroxyl groups excluding tert-OH is 1. The summed E-state index contributed by atoms with van der Waals surface area (Å²) in [5, 5.41) is 18.7. The number of hydrogen-bond donors (Lipinski definition) is 1. The number of carbonyl (C=O) groups excluding carboxylic acids is 1. The van der Waals surface area contributed by atoms with Gasteiger partial charge in [0.15, 0.2) is 0 Å². The standard InChI is InChI=1S/C22H25N5O4/c1-13-21(14(2)26(5)24-13)17-10-23-27-7-6-15(8-18(17)27)19-9-16(11-30-19)22(29)31-12-20(28)25(3)4/h6-11,20,28H,12H2,1-5H3. The van der Waals surface area contributed by atoms with Crippen molar-refractivity contribution >= 4 is 11.5 Å². The zero-order valence-corrected chi connectivity index (χ0v) is 18.2. The maximum Gasteiger partial charge on any atom is 0.341 e. The van der Waals surface area contributed by atoms with Gasteiger partial charge in [-0.25, -0.2) is 9.31 Å². The fourth-order valence-electron chi connectivity index (χ4n) is 3.47. The quantitative estimate of drug-likeness (QED) is 0.376. The van der Waals surface area contributed by atoms with E-state index in [1.54, 1.807) is 29.6 Å². The van der Waals surface area contributed by atoms with E-state index in [1.807, 2.05) is 50.1 Å². The number of aliphatic hydroxyl groups is 1. The van der Waals surface area contributed by atoms with Crippen LogP contribution >= 0.6 is 0 Å². The zero-order chi connectivity index (χ0) is 22.3. The lowest BCUT2D eigenvalue weighted by Gasteiger charge is -2.17. The fraction of sp³-hybridized carbons (Fsp3) is 0.318. The molecule has 9 nitrogen and oxygen atoms in total. The highest BCUT2D eigenvalue weighted by molar-refractivity contribution is 5.91. The highest BCUT2D eigenvalue weighted by atomic mass is 16.5. The number of rotatable bonds is 6. The van der Waals surface area contributed by atoms with E-state index in [1.165, 1.54) is 6.26 Å². The van der Waals surface area contributed by atoms with Crippen LogP contribution in [0.5, 0.6) is 0 Å². The maximum atomic E-state index is 12.3. The van der Waals surface area contributed by atoms with Gasteiger partial charge < -0.3 is 14.3 Å². The number of esters is 1. The van der Waals surface area contributed by atoms with Crippen molar-refractivity contribution < 1.29 is 19.1 Å². The summed E-state index contributed by atoms with van der Waals surface area (Å²) in [4.78, 5) is 13.8. The minimum atomic E-state index is -0.864. The van der Waals surface area contributed by atoms with Gasteiger partial charge in [-0.05, 0) is 46.1 Å². The minimum absolute atomic E-state index is 0.124. The topological polar surface area (TPSA) is 98.0 Å². The van der Waals surface area contributed by atoms with Gasteiger partial charge in [0.05, 0.1) is 23.0 Å². The molecule has 0 aliphatic rings. The van der Waals surface area contributed by atoms with E-state index in [0.717, 1.165) is 33.6 Å². The fourth-order valence-corrected chi connectivity index (χ4v) is 3.47. The minimum Gasteiger partial charge on any atom is -0.463 e. The number of nitrogens with zero attached hydrogens (tertiary/aromatic N) is 5. The number of carbonyl (C=O) groups is 1. The number of aryl methyl sites for hydroxylation is 2. The van der Waals surface area contributed by atoms with Crippen molar-refractivity contribution in [2.45, 2.75) is 20.1 Å². The second-order valence-corrected chi connectivity index (χ2v) is 7.72. The molecule has 1 N–H and O–H groups in total. The molecule has 0 saturated carbocycles. The zero-order valence-electron chi connectivity index (χ0n) is 18.2. The molecule has 4 rings (SSSR count). The van der Waals surface area contributed by atoms with Crippen LogP contribution in [-0.2, 0) is 11.8 Å². The smallest absolute Gasteiger partial charge is 0.341 e. The molecule has 31 heavy (non-hydrogen) atoms. The van der Waals surface area contributed by atoms with E-state index < -0.39 is 12.2 Å². The number of furan rings is 1. The number of ether oxygens (including phenoxy) is 1. The largest absolute Gasteiger partial charge is 0.463 e. The van der Waals surface area contributed by atoms with Crippen LogP contribution in [0.4, 0.5) is 0 Å². The van der Waals surface area contributed by atoms with E-state index in [9.17, 15) is 9.90 Å². The van der Waals surface area contributed by atoms with Gasteiger partial charge in [0.2, 0.25) is 0 Å². The molecule has 4 aromatic heterocycles. The highest BCUT2D eigenvalue weighted by Gasteiger charge is 2.19. The van der Waals surface area contributed by atoms with E-state index in [4.69, 9.17) is 9.15 Å². The lowest BCUT2D eigenvalue weighted by Crippen LogP contribution is -2.32. The molecule has 9 heteroatoms. The summed E-state index contributed by atoms with van der Waals surface area (Å²) in [7, 11) is 5.32. The van der Waals surface area contributed by atoms with Crippen molar-refractivity contribution in [1.29, 1.82) is 0 Å². The lowest BCUT2D eigenvalue weighted by atomic mass is 10.0. The molecule has 0 bridgehead atoms. The van der Waals surface area contributed by atoms with Crippen molar-refractivity contribution in [3.63, 3.8) is 0 Å². The molecule has 0 aliphatic carbocycles. The molecule has 0 amide bonds. The third kappa shape index (κ3) is 3.85. The Morgan fingerprint density at radius 1 is 1.32 bits per heavy atom. The summed E-state index contributed by atoms with van der Waals surface area (Å²) in [6.07, 6.45) is 4.18. The molecule has 0 spiro atoms. The maximum absolute atomic E-state index is 12.3. The summed E-state index contributed by atoms with van der Waals surface area (Å²) < 4.78 is 14.4. The van der Waals surface area contributed by atoms with E-state index >= 15 is 0 Å². The summed E-state index contributed by atoms with van der Waals surface area (Å²) >= 11 is 0. The summed E-state index contributed by atoms with van der Waals surface area (Å²) in [5.41, 5.74) is 6.02. The Morgan fingerprint density at radius 3 is 2.77 bits per heavy atom. The monoisotopic (exact) mass is 423 g/mol. The molecule has 4 aromatic rings. The number of pyridine rings is 1. The predicted molar refractivity (Wildman–Crippen MR) is 115 cm³/mol. The van der Waals surface area contributed by atoms with Crippen molar-refractivity contribution in [2.24, 2.45) is 7.05 Å². The molecule has 0 radical (unpaired) electrons. The van der Waals surface area contributed by atoms with Crippen molar-refractivity contribution in [3.8, 4) is 22.5 Å². The molecule has 1 unspecified atom stereocenters. The Labute approximate surface area is 179 Å². The molecule has 0 aliphatic heterocycles. The first-order chi connectivity index (χ1) is 14.8. The van der Waals surface area contributed by atoms with Crippen LogP contribution in [0.15, 0.2) is 41.3 Å². The molecule has 0 aromatic carbocycles. The normalized spacial score (nSPS) is 12.6. The number of likely N-dealkylation sites (N-methyl/N-ethyl adjacent to an activating group) is 1. The average molecular weight is 423 g/mol. The van der Waals surface area contributed by atoms with Gasteiger partial charge in [-0.1, -0.05) is 0 Å². The molecule has 0 saturated heterocycles. The van der Waals surface area contributed by atoms with Gasteiger partial charge >= 0.3 is 5.97 Å². The first-order valence-corrected chi connectivity index (χ1v) is 9.84. The first-order valence-electron chi connectivity index (χ1n) is 9.84. The van der Waals surface area contributed by atoms with E-state index in [-0.39, 0.29) is 12.2 Å². The number of fused-ring (bicyclic) bond motifs is 1. The van der Waals surface area contributed by atoms with Crippen LogP contribution in [0.1, 0.15) is 21.7 Å². The second-order valence-electron chi connectivity index (χ2n) is 7.72. The van der Waals surface area contributed by atoms with Crippen LogP contribution in [-0.4, -0.2) is 62.3 Å². The van der Waals surface area contributed by atoms with Gasteiger partial charge in [-0.2, -0.15) is 10.2 Å². The molecule has 1 atom stereocenters. The van der Waals surface area contributed by atoms with Gasteiger partial charge in [-0.3, -0.25) is 9.58 Å². The van der Waals surface area contributed by atoms with Gasteiger partial charge in [0, 0.05) is 35.6 Å². The lowest BCUT2D eigenvalue weighted by molar-refractivity contribution is -0.0243. The van der Waals surface area contributed by atoms with Crippen LogP contribution < -0.4 is 0 Å². The Kier molecular flexibility index (Phi) is 5.38. The first kappa shape index (κ1) is 20.8. The summed E-state index contributed by atoms with van der Waals surface area (Å²) in [6, 6.07) is 5.47.